The number of hydrogen-bond donors (Lipinski definition) is 1. The second-order valence-electron chi connectivity index (χ2n) is 7.70. The van der Waals surface area contributed by atoms with Crippen LogP contribution in [0.3, 0.4) is 0 Å². The van der Waals surface area contributed by atoms with E-state index in [1.165, 1.54) is 0 Å². The average Bonchev–Trinajstić information content (AvgIpc) is 2.86. The molecule has 2 aromatic heterocycles. The summed E-state index contributed by atoms with van der Waals surface area (Å²) in [7, 11) is 1.83. The van der Waals surface area contributed by atoms with Crippen LogP contribution in [0, 0.1) is 33.6 Å². The van der Waals surface area contributed by atoms with E-state index < -0.39 is 0 Å². The predicted molar refractivity (Wildman–Crippen MR) is 114 cm³/mol. The van der Waals surface area contributed by atoms with Crippen LogP contribution in [-0.4, -0.2) is 50.2 Å². The first-order chi connectivity index (χ1) is 12.6. The summed E-state index contributed by atoms with van der Waals surface area (Å²) in [6, 6.07) is 2.03. The van der Waals surface area contributed by atoms with Gasteiger partial charge in [0.2, 0.25) is 5.91 Å². The summed E-state index contributed by atoms with van der Waals surface area (Å²) in [6.07, 6.45) is 1.11. The zero-order valence-corrected chi connectivity index (χ0v) is 18.8. The van der Waals surface area contributed by atoms with Gasteiger partial charge in [-0.25, -0.2) is 14.6 Å². The Morgan fingerprint density at radius 1 is 1.18 bits per heavy atom. The van der Waals surface area contributed by atoms with Gasteiger partial charge in [-0.05, 0) is 46.1 Å². The number of carbonyl (C=O) groups excluding carboxylic acids is 1. The second kappa shape index (κ2) is 9.98. The molecule has 1 unspecified atom stereocenters. The molecule has 28 heavy (non-hydrogen) atoms. The molecule has 0 saturated carbocycles. The maximum atomic E-state index is 12.7. The highest BCUT2D eigenvalue weighted by Gasteiger charge is 2.20. The van der Waals surface area contributed by atoms with Crippen molar-refractivity contribution in [2.45, 2.75) is 60.4 Å². The van der Waals surface area contributed by atoms with Crippen LogP contribution in [0.5, 0.6) is 0 Å². The van der Waals surface area contributed by atoms with Crippen molar-refractivity contribution in [2.75, 3.05) is 13.6 Å². The lowest BCUT2D eigenvalue weighted by Crippen LogP contribution is -2.35. The number of nitrogens with zero attached hydrogens (tertiary/aromatic N) is 5. The van der Waals surface area contributed by atoms with Crippen LogP contribution in [0.25, 0.3) is 5.95 Å². The molecule has 0 aliphatic heterocycles. The number of aryl methyl sites for hydroxylation is 3. The summed E-state index contributed by atoms with van der Waals surface area (Å²) in [6.45, 7) is 12.6. The molecule has 0 spiro atoms. The Kier molecular flexibility index (Phi) is 8.57. The molecule has 1 amide bonds. The molecule has 0 aromatic carbocycles. The minimum absolute atomic E-state index is 0. The minimum Gasteiger partial charge on any atom is -0.345 e. The summed E-state index contributed by atoms with van der Waals surface area (Å²) in [5.41, 5.74) is 10.5. The fourth-order valence-electron chi connectivity index (χ4n) is 3.01. The molecular formula is C20H33ClN6O. The molecule has 0 aliphatic rings. The molecule has 0 saturated heterocycles. The van der Waals surface area contributed by atoms with Gasteiger partial charge in [0, 0.05) is 42.3 Å². The Labute approximate surface area is 174 Å². The quantitative estimate of drug-likeness (QED) is 0.760. The molecule has 0 aliphatic carbocycles. The molecule has 2 N–H and O–H groups in total. The van der Waals surface area contributed by atoms with E-state index in [9.17, 15) is 4.79 Å². The van der Waals surface area contributed by atoms with Crippen molar-refractivity contribution in [1.29, 1.82) is 0 Å². The third-order valence-electron chi connectivity index (χ3n) is 5.01. The monoisotopic (exact) mass is 408 g/mol. The Bertz CT molecular complexity index is 797. The fourth-order valence-corrected chi connectivity index (χ4v) is 3.01. The zero-order valence-electron chi connectivity index (χ0n) is 18.0. The van der Waals surface area contributed by atoms with Gasteiger partial charge in [-0.2, -0.15) is 5.10 Å². The number of amides is 1. The molecular weight excluding hydrogens is 376 g/mol. The molecule has 2 rings (SSSR count). The van der Waals surface area contributed by atoms with Crippen molar-refractivity contribution in [3.63, 3.8) is 0 Å². The molecule has 1 atom stereocenters. The highest BCUT2D eigenvalue weighted by molar-refractivity contribution is 5.85. The molecule has 8 heteroatoms. The van der Waals surface area contributed by atoms with Gasteiger partial charge in [-0.3, -0.25) is 4.79 Å². The number of likely N-dealkylation sites (N-methyl/N-ethyl adjacent to an activating group) is 1. The van der Waals surface area contributed by atoms with E-state index in [-0.39, 0.29) is 24.4 Å². The smallest absolute Gasteiger partial charge is 0.251 e. The Hall–Kier alpha value is -1.99. The minimum atomic E-state index is 0. The molecule has 2 aromatic rings. The zero-order chi connectivity index (χ0) is 20.3. The van der Waals surface area contributed by atoms with Crippen molar-refractivity contribution in [2.24, 2.45) is 11.7 Å². The lowest BCUT2D eigenvalue weighted by molar-refractivity contribution is -0.129. The van der Waals surface area contributed by atoms with Crippen LogP contribution in [0.4, 0.5) is 0 Å². The maximum Gasteiger partial charge on any atom is 0.251 e. The Morgan fingerprint density at radius 2 is 1.75 bits per heavy atom. The summed E-state index contributed by atoms with van der Waals surface area (Å²) >= 11 is 0. The van der Waals surface area contributed by atoms with Crippen LogP contribution in [0.15, 0.2) is 6.07 Å². The van der Waals surface area contributed by atoms with Crippen LogP contribution in [-0.2, 0) is 11.2 Å². The first kappa shape index (κ1) is 24.0. The van der Waals surface area contributed by atoms with Crippen LogP contribution in [0.1, 0.15) is 48.6 Å². The average molecular weight is 409 g/mol. The summed E-state index contributed by atoms with van der Waals surface area (Å²) < 4.78 is 1.73. The molecule has 7 nitrogen and oxygen atoms in total. The van der Waals surface area contributed by atoms with Crippen LogP contribution >= 0.6 is 12.4 Å². The van der Waals surface area contributed by atoms with Gasteiger partial charge in [0.05, 0.1) is 12.1 Å². The van der Waals surface area contributed by atoms with Gasteiger partial charge < -0.3 is 10.6 Å². The SMILES string of the molecule is Cc1cc(C)nc(-n2nc(C)c(CC(=O)N(C)CCC(N)C(C)C)c2C)n1.Cl. The van der Waals surface area contributed by atoms with Gasteiger partial charge in [0.25, 0.3) is 5.95 Å². The van der Waals surface area contributed by atoms with Crippen LogP contribution in [0.2, 0.25) is 0 Å². The van der Waals surface area contributed by atoms with Gasteiger partial charge in [0.15, 0.2) is 0 Å². The predicted octanol–water partition coefficient (Wildman–Crippen LogP) is 2.69. The lowest BCUT2D eigenvalue weighted by atomic mass is 10.0. The standard InChI is InChI=1S/C20H32N6O.ClH/c1-12(2)18(21)8-9-25(7)19(27)11-17-15(5)24-26(16(17)6)20-22-13(3)10-14(4)23-20;/h10,12,18H,8-9,11,21H2,1-7H3;1H. The number of hydrogen-bond acceptors (Lipinski definition) is 5. The second-order valence-corrected chi connectivity index (χ2v) is 7.70. The number of rotatable bonds is 7. The highest BCUT2D eigenvalue weighted by Crippen LogP contribution is 2.18. The Balaban J connectivity index is 0.00000392. The van der Waals surface area contributed by atoms with E-state index >= 15 is 0 Å². The largest absolute Gasteiger partial charge is 0.345 e. The van der Waals surface area contributed by atoms with E-state index in [1.54, 1.807) is 9.58 Å². The number of aromatic nitrogens is 4. The van der Waals surface area contributed by atoms with Crippen LogP contribution < -0.4 is 5.73 Å². The Morgan fingerprint density at radius 3 is 2.29 bits per heavy atom. The maximum absolute atomic E-state index is 12.7. The van der Waals surface area contributed by atoms with E-state index in [2.05, 4.69) is 28.9 Å². The van der Waals surface area contributed by atoms with Crippen molar-refractivity contribution < 1.29 is 4.79 Å². The summed E-state index contributed by atoms with van der Waals surface area (Å²) in [4.78, 5) is 23.4. The summed E-state index contributed by atoms with van der Waals surface area (Å²) in [5.74, 6) is 1.02. The van der Waals surface area contributed by atoms with Gasteiger partial charge >= 0.3 is 0 Å². The van der Waals surface area contributed by atoms with E-state index in [0.717, 1.165) is 34.8 Å². The van der Waals surface area contributed by atoms with E-state index in [0.29, 0.717) is 24.8 Å². The first-order valence-electron chi connectivity index (χ1n) is 9.47. The number of carbonyl (C=O) groups is 1. The topological polar surface area (TPSA) is 89.9 Å². The van der Waals surface area contributed by atoms with Gasteiger partial charge in [-0.15, -0.1) is 12.4 Å². The van der Waals surface area contributed by atoms with Crippen molar-refractivity contribution in [3.05, 3.63) is 34.4 Å². The van der Waals surface area contributed by atoms with E-state index in [4.69, 9.17) is 5.73 Å². The van der Waals surface area contributed by atoms with Gasteiger partial charge in [0.1, 0.15) is 0 Å². The molecule has 0 radical (unpaired) electrons. The number of halogens is 1. The normalized spacial score (nSPS) is 12.0. The molecule has 0 bridgehead atoms. The number of nitrogens with two attached hydrogens (primary N) is 1. The highest BCUT2D eigenvalue weighted by atomic mass is 35.5. The van der Waals surface area contributed by atoms with Crippen molar-refractivity contribution >= 4 is 18.3 Å². The molecule has 156 valence electrons. The van der Waals surface area contributed by atoms with Crippen molar-refractivity contribution in [3.8, 4) is 5.95 Å². The van der Waals surface area contributed by atoms with Crippen molar-refractivity contribution in [1.82, 2.24) is 24.6 Å². The third kappa shape index (κ3) is 5.75. The lowest BCUT2D eigenvalue weighted by Gasteiger charge is -2.21. The van der Waals surface area contributed by atoms with Gasteiger partial charge in [-0.1, -0.05) is 13.8 Å². The summed E-state index contributed by atoms with van der Waals surface area (Å²) in [5, 5.41) is 4.57. The third-order valence-corrected chi connectivity index (χ3v) is 5.01. The fraction of sp³-hybridized carbons (Fsp3) is 0.600. The molecule has 2 heterocycles. The molecule has 0 fully saturated rings. The van der Waals surface area contributed by atoms with E-state index in [1.807, 2.05) is 40.8 Å². The first-order valence-corrected chi connectivity index (χ1v) is 9.47.